The van der Waals surface area contributed by atoms with Gasteiger partial charge in [0.25, 0.3) is 0 Å². The van der Waals surface area contributed by atoms with E-state index in [0.717, 1.165) is 16.6 Å². The van der Waals surface area contributed by atoms with Gasteiger partial charge in [-0.15, -0.1) is 0 Å². The highest BCUT2D eigenvalue weighted by atomic mass is 16.5. The lowest BCUT2D eigenvalue weighted by Gasteiger charge is -1.97. The van der Waals surface area contributed by atoms with E-state index < -0.39 is 0 Å². The highest BCUT2D eigenvalue weighted by molar-refractivity contribution is 5.82. The monoisotopic (exact) mass is 249 g/mol. The van der Waals surface area contributed by atoms with Crippen molar-refractivity contribution in [1.29, 1.82) is 0 Å². The highest BCUT2D eigenvalue weighted by Gasteiger charge is 1.99. The van der Waals surface area contributed by atoms with E-state index >= 15 is 0 Å². The number of methoxy groups -OCH3 is 1. The van der Waals surface area contributed by atoms with Gasteiger partial charge in [0.2, 0.25) is 5.88 Å². The Labute approximate surface area is 110 Å². The minimum absolute atomic E-state index is 0.563. The van der Waals surface area contributed by atoms with Crippen LogP contribution in [0.4, 0.5) is 0 Å². The van der Waals surface area contributed by atoms with Crippen LogP contribution in [0.1, 0.15) is 11.3 Å². The molecule has 0 fully saturated rings. The summed E-state index contributed by atoms with van der Waals surface area (Å²) < 4.78 is 5.07. The van der Waals surface area contributed by atoms with Gasteiger partial charge < -0.3 is 9.72 Å². The zero-order valence-electron chi connectivity index (χ0n) is 10.3. The first-order chi connectivity index (χ1) is 9.36. The Morgan fingerprint density at radius 2 is 2.11 bits per heavy atom. The highest BCUT2D eigenvalue weighted by Crippen LogP contribution is 2.14. The molecule has 19 heavy (non-hydrogen) atoms. The summed E-state index contributed by atoms with van der Waals surface area (Å²) in [5.74, 6) is 6.71. The van der Waals surface area contributed by atoms with Crippen molar-refractivity contribution in [2.75, 3.05) is 7.11 Å². The lowest BCUT2D eigenvalue weighted by Crippen LogP contribution is -1.89. The predicted molar refractivity (Wildman–Crippen MR) is 72.9 cm³/mol. The number of aromatic nitrogens is 3. The molecular formula is C15H11N3O. The summed E-state index contributed by atoms with van der Waals surface area (Å²) >= 11 is 0. The van der Waals surface area contributed by atoms with Crippen molar-refractivity contribution in [2.45, 2.75) is 0 Å². The Kier molecular flexibility index (Phi) is 2.87. The molecule has 3 aromatic rings. The molecule has 0 aliphatic carbocycles. The van der Waals surface area contributed by atoms with Gasteiger partial charge in [-0.25, -0.2) is 9.97 Å². The summed E-state index contributed by atoms with van der Waals surface area (Å²) in [6, 6.07) is 9.37. The molecule has 0 saturated heterocycles. The molecular weight excluding hydrogens is 238 g/mol. The molecule has 3 aromatic heterocycles. The van der Waals surface area contributed by atoms with Crippen LogP contribution in [0.5, 0.6) is 5.88 Å². The molecule has 0 saturated carbocycles. The summed E-state index contributed by atoms with van der Waals surface area (Å²) in [5, 5.41) is 1.01. The first-order valence-corrected chi connectivity index (χ1v) is 5.82. The third kappa shape index (κ3) is 2.26. The van der Waals surface area contributed by atoms with Crippen LogP contribution in [0.15, 0.2) is 42.7 Å². The van der Waals surface area contributed by atoms with E-state index in [1.165, 1.54) is 0 Å². The van der Waals surface area contributed by atoms with Crippen molar-refractivity contribution in [1.82, 2.24) is 15.0 Å². The zero-order valence-corrected chi connectivity index (χ0v) is 10.3. The van der Waals surface area contributed by atoms with E-state index in [4.69, 9.17) is 4.74 Å². The van der Waals surface area contributed by atoms with Gasteiger partial charge in [-0.2, -0.15) is 0 Å². The van der Waals surface area contributed by atoms with Crippen molar-refractivity contribution >= 4 is 11.0 Å². The second-order valence-electron chi connectivity index (χ2n) is 3.91. The topological polar surface area (TPSA) is 50.8 Å². The van der Waals surface area contributed by atoms with Gasteiger partial charge in [-0.1, -0.05) is 12.0 Å². The van der Waals surface area contributed by atoms with E-state index in [-0.39, 0.29) is 0 Å². The Hall–Kier alpha value is -2.80. The van der Waals surface area contributed by atoms with Crippen LogP contribution in [0.2, 0.25) is 0 Å². The summed E-state index contributed by atoms with van der Waals surface area (Å²) in [6.45, 7) is 0. The van der Waals surface area contributed by atoms with Crippen LogP contribution >= 0.6 is 0 Å². The van der Waals surface area contributed by atoms with Gasteiger partial charge in [-0.3, -0.25) is 0 Å². The molecule has 0 unspecified atom stereocenters. The third-order valence-corrected chi connectivity index (χ3v) is 2.72. The second kappa shape index (κ2) is 4.83. The van der Waals surface area contributed by atoms with Gasteiger partial charge in [-0.05, 0) is 24.1 Å². The average molecular weight is 249 g/mol. The van der Waals surface area contributed by atoms with Gasteiger partial charge in [0.1, 0.15) is 11.3 Å². The summed E-state index contributed by atoms with van der Waals surface area (Å²) in [6.07, 6.45) is 3.59. The number of hydrogen-bond acceptors (Lipinski definition) is 3. The zero-order chi connectivity index (χ0) is 13.1. The van der Waals surface area contributed by atoms with E-state index in [0.29, 0.717) is 11.6 Å². The van der Waals surface area contributed by atoms with Crippen molar-refractivity contribution in [3.8, 4) is 17.7 Å². The standard InChI is InChI=1S/C15H11N3O/c1-19-14-4-2-3-12(18-14)6-5-11-7-9-16-15-13(11)8-10-17-15/h2-4,7-10H,1H3,(H,16,17). The maximum absolute atomic E-state index is 5.07. The molecule has 0 aliphatic heterocycles. The van der Waals surface area contributed by atoms with Gasteiger partial charge >= 0.3 is 0 Å². The maximum Gasteiger partial charge on any atom is 0.214 e. The average Bonchev–Trinajstić information content (AvgIpc) is 2.94. The SMILES string of the molecule is COc1cccc(C#Cc2ccnc3[nH]ccc23)n1. The fraction of sp³-hybridized carbons (Fsp3) is 0.0667. The third-order valence-electron chi connectivity index (χ3n) is 2.72. The molecule has 4 nitrogen and oxygen atoms in total. The number of fused-ring (bicyclic) bond motifs is 1. The van der Waals surface area contributed by atoms with Crippen LogP contribution < -0.4 is 4.74 Å². The summed E-state index contributed by atoms with van der Waals surface area (Å²) in [5.41, 5.74) is 2.45. The molecule has 3 heterocycles. The molecule has 0 amide bonds. The molecule has 0 aromatic carbocycles. The molecule has 0 radical (unpaired) electrons. The van der Waals surface area contributed by atoms with Crippen molar-refractivity contribution in [2.24, 2.45) is 0 Å². The van der Waals surface area contributed by atoms with E-state index in [2.05, 4.69) is 26.8 Å². The first kappa shape index (κ1) is 11.3. The number of pyridine rings is 2. The second-order valence-corrected chi connectivity index (χ2v) is 3.91. The van der Waals surface area contributed by atoms with Crippen molar-refractivity contribution in [3.63, 3.8) is 0 Å². The molecule has 0 aliphatic rings. The molecule has 0 bridgehead atoms. The van der Waals surface area contributed by atoms with Crippen LogP contribution in [0, 0.1) is 11.8 Å². The smallest absolute Gasteiger partial charge is 0.214 e. The fourth-order valence-electron chi connectivity index (χ4n) is 1.80. The number of ether oxygens (including phenoxy) is 1. The van der Waals surface area contributed by atoms with Gasteiger partial charge in [0.05, 0.1) is 7.11 Å². The minimum Gasteiger partial charge on any atom is -0.481 e. The summed E-state index contributed by atoms with van der Waals surface area (Å²) in [4.78, 5) is 11.5. The maximum atomic E-state index is 5.07. The lowest BCUT2D eigenvalue weighted by atomic mass is 10.2. The molecule has 4 heteroatoms. The number of H-pyrrole nitrogens is 1. The van der Waals surface area contributed by atoms with Gasteiger partial charge in [0.15, 0.2) is 0 Å². The first-order valence-electron chi connectivity index (χ1n) is 5.82. The van der Waals surface area contributed by atoms with E-state index in [1.807, 2.05) is 30.5 Å². The lowest BCUT2D eigenvalue weighted by molar-refractivity contribution is 0.397. The van der Waals surface area contributed by atoms with Crippen molar-refractivity contribution < 1.29 is 4.74 Å². The van der Waals surface area contributed by atoms with E-state index in [9.17, 15) is 0 Å². The van der Waals surface area contributed by atoms with Crippen LogP contribution in [-0.2, 0) is 0 Å². The predicted octanol–water partition coefficient (Wildman–Crippen LogP) is 2.37. The van der Waals surface area contributed by atoms with Crippen molar-refractivity contribution in [3.05, 3.63) is 54.0 Å². The number of rotatable bonds is 1. The molecule has 1 N–H and O–H groups in total. The number of nitrogens with one attached hydrogen (secondary N) is 1. The van der Waals surface area contributed by atoms with E-state index in [1.54, 1.807) is 19.4 Å². The van der Waals surface area contributed by atoms with Crippen LogP contribution in [-0.4, -0.2) is 22.1 Å². The quantitative estimate of drug-likeness (QED) is 0.673. The molecule has 92 valence electrons. The number of aromatic amines is 1. The Balaban J connectivity index is 2.01. The molecule has 0 atom stereocenters. The minimum atomic E-state index is 0.563. The van der Waals surface area contributed by atoms with Gasteiger partial charge in [0, 0.05) is 29.4 Å². The Morgan fingerprint density at radius 3 is 3.00 bits per heavy atom. The van der Waals surface area contributed by atoms with Crippen LogP contribution in [0.3, 0.4) is 0 Å². The molecule has 3 rings (SSSR count). The normalized spacial score (nSPS) is 9.95. The molecule has 0 spiro atoms. The number of hydrogen-bond donors (Lipinski definition) is 1. The number of nitrogens with zero attached hydrogens (tertiary/aromatic N) is 2. The summed E-state index contributed by atoms with van der Waals surface area (Å²) in [7, 11) is 1.59. The fourth-order valence-corrected chi connectivity index (χ4v) is 1.80. The van der Waals surface area contributed by atoms with Crippen LogP contribution in [0.25, 0.3) is 11.0 Å². The largest absolute Gasteiger partial charge is 0.481 e. The Bertz CT molecular complexity index is 780. The Morgan fingerprint density at radius 1 is 1.16 bits per heavy atom.